The summed E-state index contributed by atoms with van der Waals surface area (Å²) in [6.07, 6.45) is -3.93. The van der Waals surface area contributed by atoms with Crippen LogP contribution in [0.25, 0.3) is 0 Å². The first-order valence-electron chi connectivity index (χ1n) is 5.12. The standard InChI is InChI=1S/C9H19NO5/c10-3-1-2-5-7(12)9(14)8(13)6(4-11)15-5/h5-9,11-14H,1-4,10H2/t5-,6+,7-,8+,9+/m0/s1. The molecule has 6 N–H and O–H groups in total. The first-order chi connectivity index (χ1) is 7.11. The summed E-state index contributed by atoms with van der Waals surface area (Å²) in [6, 6.07) is 0. The zero-order valence-corrected chi connectivity index (χ0v) is 8.49. The lowest BCUT2D eigenvalue weighted by Crippen LogP contribution is -2.58. The van der Waals surface area contributed by atoms with Gasteiger partial charge in [-0.3, -0.25) is 0 Å². The van der Waals surface area contributed by atoms with Crippen LogP contribution in [-0.2, 0) is 4.74 Å². The smallest absolute Gasteiger partial charge is 0.111 e. The Hall–Kier alpha value is -0.240. The van der Waals surface area contributed by atoms with Gasteiger partial charge in [-0.05, 0) is 19.4 Å². The van der Waals surface area contributed by atoms with E-state index in [-0.39, 0.29) is 6.61 Å². The second-order valence-electron chi connectivity index (χ2n) is 3.80. The van der Waals surface area contributed by atoms with E-state index in [1.165, 1.54) is 0 Å². The van der Waals surface area contributed by atoms with Gasteiger partial charge in [0.1, 0.15) is 24.4 Å². The molecule has 6 heteroatoms. The lowest BCUT2D eigenvalue weighted by atomic mass is 9.93. The van der Waals surface area contributed by atoms with Crippen molar-refractivity contribution in [1.29, 1.82) is 0 Å². The van der Waals surface area contributed by atoms with E-state index in [0.29, 0.717) is 19.4 Å². The minimum atomic E-state index is -1.28. The van der Waals surface area contributed by atoms with Crippen molar-refractivity contribution in [2.24, 2.45) is 5.73 Å². The van der Waals surface area contributed by atoms with Gasteiger partial charge in [0.2, 0.25) is 0 Å². The number of hydrogen-bond donors (Lipinski definition) is 5. The second kappa shape index (κ2) is 5.74. The molecule has 0 amide bonds. The Morgan fingerprint density at radius 2 is 1.60 bits per heavy atom. The average molecular weight is 221 g/mol. The van der Waals surface area contributed by atoms with Crippen LogP contribution in [0.4, 0.5) is 0 Å². The Balaban J connectivity index is 2.57. The summed E-state index contributed by atoms with van der Waals surface area (Å²) in [5, 5.41) is 37.4. The molecule has 90 valence electrons. The van der Waals surface area contributed by atoms with E-state index in [2.05, 4.69) is 0 Å². The highest BCUT2D eigenvalue weighted by molar-refractivity contribution is 4.91. The van der Waals surface area contributed by atoms with Crippen LogP contribution in [0.15, 0.2) is 0 Å². The predicted molar refractivity (Wildman–Crippen MR) is 52.1 cm³/mol. The number of nitrogens with two attached hydrogens (primary N) is 1. The van der Waals surface area contributed by atoms with Crippen LogP contribution < -0.4 is 5.73 Å². The van der Waals surface area contributed by atoms with Crippen LogP contribution in [0.3, 0.4) is 0 Å². The van der Waals surface area contributed by atoms with E-state index in [9.17, 15) is 15.3 Å². The monoisotopic (exact) mass is 221 g/mol. The van der Waals surface area contributed by atoms with Crippen molar-refractivity contribution >= 4 is 0 Å². The lowest BCUT2D eigenvalue weighted by Gasteiger charge is -2.40. The molecule has 1 heterocycles. The Kier molecular flexibility index (Phi) is 4.91. The molecule has 0 unspecified atom stereocenters. The van der Waals surface area contributed by atoms with E-state index in [4.69, 9.17) is 15.6 Å². The maximum absolute atomic E-state index is 9.59. The highest BCUT2D eigenvalue weighted by Crippen LogP contribution is 2.23. The van der Waals surface area contributed by atoms with Crippen LogP contribution >= 0.6 is 0 Å². The highest BCUT2D eigenvalue weighted by Gasteiger charge is 2.42. The van der Waals surface area contributed by atoms with Gasteiger partial charge in [0, 0.05) is 0 Å². The molecule has 1 aliphatic rings. The topological polar surface area (TPSA) is 116 Å². The summed E-state index contributed by atoms with van der Waals surface area (Å²) < 4.78 is 5.27. The van der Waals surface area contributed by atoms with Crippen molar-refractivity contribution in [2.45, 2.75) is 43.4 Å². The van der Waals surface area contributed by atoms with Crippen molar-refractivity contribution in [1.82, 2.24) is 0 Å². The van der Waals surface area contributed by atoms with Crippen molar-refractivity contribution in [3.05, 3.63) is 0 Å². The number of ether oxygens (including phenoxy) is 1. The van der Waals surface area contributed by atoms with Gasteiger partial charge in [0.15, 0.2) is 0 Å². The molecule has 0 radical (unpaired) electrons. The fraction of sp³-hybridized carbons (Fsp3) is 1.00. The average Bonchev–Trinajstić information content (AvgIpc) is 2.25. The third-order valence-electron chi connectivity index (χ3n) is 2.68. The molecule has 1 fully saturated rings. The third-order valence-corrected chi connectivity index (χ3v) is 2.68. The van der Waals surface area contributed by atoms with Crippen LogP contribution in [0.2, 0.25) is 0 Å². The number of rotatable bonds is 4. The van der Waals surface area contributed by atoms with Gasteiger partial charge in [-0.25, -0.2) is 0 Å². The normalized spacial score (nSPS) is 41.8. The Morgan fingerprint density at radius 3 is 2.13 bits per heavy atom. The minimum Gasteiger partial charge on any atom is -0.394 e. The van der Waals surface area contributed by atoms with E-state index < -0.39 is 30.5 Å². The molecule has 1 rings (SSSR count). The first-order valence-corrected chi connectivity index (χ1v) is 5.12. The third kappa shape index (κ3) is 2.87. The fourth-order valence-corrected chi connectivity index (χ4v) is 1.74. The minimum absolute atomic E-state index is 0.385. The second-order valence-corrected chi connectivity index (χ2v) is 3.80. The molecular formula is C9H19NO5. The van der Waals surface area contributed by atoms with Gasteiger partial charge >= 0.3 is 0 Å². The zero-order valence-electron chi connectivity index (χ0n) is 8.49. The molecule has 0 aromatic rings. The first kappa shape index (κ1) is 12.8. The van der Waals surface area contributed by atoms with Gasteiger partial charge in [0.25, 0.3) is 0 Å². The molecule has 0 saturated carbocycles. The highest BCUT2D eigenvalue weighted by atomic mass is 16.5. The summed E-state index contributed by atoms with van der Waals surface area (Å²) in [7, 11) is 0. The molecule has 5 atom stereocenters. The van der Waals surface area contributed by atoms with Gasteiger partial charge in [-0.1, -0.05) is 0 Å². The largest absolute Gasteiger partial charge is 0.394 e. The van der Waals surface area contributed by atoms with Crippen molar-refractivity contribution in [3.63, 3.8) is 0 Å². The summed E-state index contributed by atoms with van der Waals surface area (Å²) in [5.74, 6) is 0. The summed E-state index contributed by atoms with van der Waals surface area (Å²) >= 11 is 0. The van der Waals surface area contributed by atoms with Crippen molar-refractivity contribution in [2.75, 3.05) is 13.2 Å². The Bertz CT molecular complexity index is 189. The summed E-state index contributed by atoms with van der Waals surface area (Å²) in [6.45, 7) is 0.0824. The van der Waals surface area contributed by atoms with Gasteiger partial charge < -0.3 is 30.9 Å². The SMILES string of the molecule is NCCC[C@@H]1O[C@H](CO)[C@@H](O)[C@H](O)[C@H]1O. The Morgan fingerprint density at radius 1 is 1.00 bits per heavy atom. The molecular weight excluding hydrogens is 202 g/mol. The molecule has 0 aromatic heterocycles. The molecule has 15 heavy (non-hydrogen) atoms. The molecule has 0 bridgehead atoms. The van der Waals surface area contributed by atoms with E-state index >= 15 is 0 Å². The zero-order chi connectivity index (χ0) is 11.4. The maximum Gasteiger partial charge on any atom is 0.111 e. The number of aliphatic hydroxyl groups is 4. The van der Waals surface area contributed by atoms with Crippen LogP contribution in [0.1, 0.15) is 12.8 Å². The van der Waals surface area contributed by atoms with Gasteiger partial charge in [-0.2, -0.15) is 0 Å². The van der Waals surface area contributed by atoms with E-state index in [1.807, 2.05) is 0 Å². The Labute approximate surface area is 88.3 Å². The molecule has 0 spiro atoms. The van der Waals surface area contributed by atoms with Crippen LogP contribution in [-0.4, -0.2) is 64.1 Å². The predicted octanol–water partition coefficient (Wildman–Crippen LogP) is -2.43. The van der Waals surface area contributed by atoms with E-state index in [0.717, 1.165) is 0 Å². The van der Waals surface area contributed by atoms with E-state index in [1.54, 1.807) is 0 Å². The molecule has 0 aliphatic carbocycles. The van der Waals surface area contributed by atoms with Crippen molar-refractivity contribution in [3.8, 4) is 0 Å². The van der Waals surface area contributed by atoms with Crippen molar-refractivity contribution < 1.29 is 25.2 Å². The summed E-state index contributed by atoms with van der Waals surface area (Å²) in [5.41, 5.74) is 5.32. The quantitative estimate of drug-likeness (QED) is 0.360. The van der Waals surface area contributed by atoms with Crippen LogP contribution in [0, 0.1) is 0 Å². The number of hydrogen-bond acceptors (Lipinski definition) is 6. The molecule has 1 aliphatic heterocycles. The maximum atomic E-state index is 9.59. The molecule has 1 saturated heterocycles. The number of aliphatic hydroxyl groups excluding tert-OH is 4. The molecule has 6 nitrogen and oxygen atoms in total. The van der Waals surface area contributed by atoms with Crippen LogP contribution in [0.5, 0.6) is 0 Å². The van der Waals surface area contributed by atoms with Gasteiger partial charge in [-0.15, -0.1) is 0 Å². The lowest BCUT2D eigenvalue weighted by molar-refractivity contribution is -0.230. The van der Waals surface area contributed by atoms with Gasteiger partial charge in [0.05, 0.1) is 12.7 Å². The fourth-order valence-electron chi connectivity index (χ4n) is 1.74. The molecule has 0 aromatic carbocycles. The summed E-state index contributed by atoms with van der Waals surface area (Å²) in [4.78, 5) is 0.